The van der Waals surface area contributed by atoms with Crippen molar-refractivity contribution < 1.29 is 0 Å². The number of hydrogen-bond acceptors (Lipinski definition) is 4. The molecule has 1 N–H and O–H groups in total. The monoisotopic (exact) mass is 262 g/mol. The molecule has 18 heavy (non-hydrogen) atoms. The molecule has 0 radical (unpaired) electrons. The molecule has 0 bridgehead atoms. The van der Waals surface area contributed by atoms with E-state index in [0.717, 1.165) is 11.0 Å². The van der Waals surface area contributed by atoms with E-state index in [4.69, 9.17) is 0 Å². The molecule has 0 fully saturated rings. The molecule has 0 aliphatic heterocycles. The third-order valence-electron chi connectivity index (χ3n) is 3.07. The van der Waals surface area contributed by atoms with E-state index in [2.05, 4.69) is 46.7 Å². The van der Waals surface area contributed by atoms with Crippen LogP contribution in [0.15, 0.2) is 34.3 Å². The predicted molar refractivity (Wildman–Crippen MR) is 73.8 cm³/mol. The van der Waals surface area contributed by atoms with Crippen LogP contribution in [0.25, 0.3) is 0 Å². The summed E-state index contributed by atoms with van der Waals surface area (Å²) in [6.45, 7) is 4.10. The van der Waals surface area contributed by atoms with E-state index in [9.17, 15) is 0 Å². The lowest BCUT2D eigenvalue weighted by Crippen LogP contribution is -2.11. The van der Waals surface area contributed by atoms with E-state index in [-0.39, 0.29) is 0 Å². The Hall–Kier alpha value is -1.33. The van der Waals surface area contributed by atoms with Crippen molar-refractivity contribution in [3.05, 3.63) is 35.7 Å². The first kappa shape index (κ1) is 13.1. The van der Waals surface area contributed by atoms with Crippen LogP contribution in [-0.4, -0.2) is 21.8 Å². The number of aryl methyl sites for hydroxylation is 1. The molecule has 4 nitrogen and oxygen atoms in total. The molecule has 0 amide bonds. The highest BCUT2D eigenvalue weighted by Crippen LogP contribution is 2.27. The van der Waals surface area contributed by atoms with Crippen molar-refractivity contribution in [1.29, 1.82) is 0 Å². The highest BCUT2D eigenvalue weighted by atomic mass is 32.2. The maximum atomic E-state index is 4.15. The first-order valence-electron chi connectivity index (χ1n) is 5.93. The molecule has 1 heterocycles. The molecule has 0 aliphatic carbocycles. The lowest BCUT2D eigenvalue weighted by molar-refractivity contribution is 0.652. The van der Waals surface area contributed by atoms with Gasteiger partial charge in [-0.25, -0.2) is 0 Å². The fourth-order valence-electron chi connectivity index (χ4n) is 1.57. The maximum absolute atomic E-state index is 4.15. The number of nitrogens with one attached hydrogen (secondary N) is 1. The van der Waals surface area contributed by atoms with Crippen molar-refractivity contribution in [2.75, 3.05) is 7.05 Å². The largest absolute Gasteiger partial charge is 0.313 e. The fraction of sp³-hybridized carbons (Fsp3) is 0.385. The highest BCUT2D eigenvalue weighted by molar-refractivity contribution is 7.99. The molecule has 2 rings (SSSR count). The predicted octanol–water partition coefficient (Wildman–Crippen LogP) is 2.56. The summed E-state index contributed by atoms with van der Waals surface area (Å²) in [5.74, 6) is 0.929. The molecule has 1 atom stereocenters. The van der Waals surface area contributed by atoms with Gasteiger partial charge in [0.1, 0.15) is 5.82 Å². The van der Waals surface area contributed by atoms with Crippen LogP contribution in [0.3, 0.4) is 0 Å². The Morgan fingerprint density at radius 3 is 2.39 bits per heavy atom. The van der Waals surface area contributed by atoms with Crippen molar-refractivity contribution in [2.45, 2.75) is 29.9 Å². The topological polar surface area (TPSA) is 42.7 Å². The van der Waals surface area contributed by atoms with E-state index in [1.54, 1.807) is 11.8 Å². The van der Waals surface area contributed by atoms with Crippen molar-refractivity contribution in [2.24, 2.45) is 7.05 Å². The summed E-state index contributed by atoms with van der Waals surface area (Å²) in [6.07, 6.45) is 0. The number of hydrogen-bond donors (Lipinski definition) is 1. The van der Waals surface area contributed by atoms with Gasteiger partial charge in [0.05, 0.1) is 0 Å². The molecular formula is C13H18N4S. The van der Waals surface area contributed by atoms with Crippen LogP contribution in [0.5, 0.6) is 0 Å². The zero-order valence-corrected chi connectivity index (χ0v) is 12.0. The third kappa shape index (κ3) is 2.73. The maximum Gasteiger partial charge on any atom is 0.195 e. The molecular weight excluding hydrogens is 244 g/mol. The average molecular weight is 262 g/mol. The zero-order chi connectivity index (χ0) is 13.1. The Morgan fingerprint density at radius 1 is 1.22 bits per heavy atom. The van der Waals surface area contributed by atoms with E-state index in [1.165, 1.54) is 10.5 Å². The first-order valence-corrected chi connectivity index (χ1v) is 6.74. The summed E-state index contributed by atoms with van der Waals surface area (Å²) in [7, 11) is 3.95. The van der Waals surface area contributed by atoms with Crippen LogP contribution < -0.4 is 5.32 Å². The zero-order valence-electron chi connectivity index (χ0n) is 11.1. The molecule has 1 unspecified atom stereocenters. The lowest BCUT2D eigenvalue weighted by atomic mass is 10.1. The van der Waals surface area contributed by atoms with Crippen LogP contribution in [0.4, 0.5) is 0 Å². The van der Waals surface area contributed by atoms with Crippen LogP contribution in [0.1, 0.15) is 24.4 Å². The van der Waals surface area contributed by atoms with E-state index in [0.29, 0.717) is 6.04 Å². The molecule has 0 saturated heterocycles. The normalized spacial score (nSPS) is 12.7. The first-order chi connectivity index (χ1) is 8.61. The van der Waals surface area contributed by atoms with Crippen LogP contribution in [-0.2, 0) is 7.05 Å². The Morgan fingerprint density at radius 2 is 1.89 bits per heavy atom. The molecule has 0 saturated carbocycles. The van der Waals surface area contributed by atoms with Crippen molar-refractivity contribution >= 4 is 11.8 Å². The molecule has 1 aromatic heterocycles. The van der Waals surface area contributed by atoms with E-state index >= 15 is 0 Å². The van der Waals surface area contributed by atoms with Gasteiger partial charge in [0, 0.05) is 18.0 Å². The van der Waals surface area contributed by atoms with Gasteiger partial charge < -0.3 is 9.88 Å². The van der Waals surface area contributed by atoms with E-state index in [1.807, 2.05) is 25.6 Å². The smallest absolute Gasteiger partial charge is 0.195 e. The van der Waals surface area contributed by atoms with Gasteiger partial charge in [-0.15, -0.1) is 10.2 Å². The minimum atomic E-state index is 0.376. The van der Waals surface area contributed by atoms with Crippen LogP contribution >= 0.6 is 11.8 Å². The number of rotatable bonds is 4. The molecule has 2 aromatic rings. The highest BCUT2D eigenvalue weighted by Gasteiger charge is 2.07. The Kier molecular flexibility index (Phi) is 4.04. The van der Waals surface area contributed by atoms with Gasteiger partial charge in [0.25, 0.3) is 0 Å². The third-order valence-corrected chi connectivity index (χ3v) is 4.12. The number of aromatic nitrogens is 3. The SMILES string of the molecule is CNC(C)c1ccc(Sc2nnc(C)n2C)cc1. The minimum absolute atomic E-state index is 0.376. The second kappa shape index (κ2) is 5.54. The molecule has 5 heteroatoms. The Labute approximate surface area is 112 Å². The molecule has 0 aliphatic rings. The Bertz CT molecular complexity index is 518. The van der Waals surface area contributed by atoms with Crippen molar-refractivity contribution in [3.63, 3.8) is 0 Å². The lowest BCUT2D eigenvalue weighted by Gasteiger charge is -2.10. The van der Waals surface area contributed by atoms with Crippen molar-refractivity contribution in [1.82, 2.24) is 20.1 Å². The van der Waals surface area contributed by atoms with Gasteiger partial charge in [-0.1, -0.05) is 12.1 Å². The standard InChI is InChI=1S/C13H18N4S/c1-9(14-3)11-5-7-12(8-6-11)18-13-16-15-10(2)17(13)4/h5-9,14H,1-4H3. The summed E-state index contributed by atoms with van der Waals surface area (Å²) in [5.41, 5.74) is 1.29. The summed E-state index contributed by atoms with van der Waals surface area (Å²) in [6, 6.07) is 8.91. The minimum Gasteiger partial charge on any atom is -0.313 e. The summed E-state index contributed by atoms with van der Waals surface area (Å²) in [5, 5.41) is 12.3. The second-order valence-corrected chi connectivity index (χ2v) is 5.31. The average Bonchev–Trinajstić information content (AvgIpc) is 2.71. The quantitative estimate of drug-likeness (QED) is 0.919. The van der Waals surface area contributed by atoms with Gasteiger partial charge >= 0.3 is 0 Å². The van der Waals surface area contributed by atoms with Gasteiger partial charge in [0.15, 0.2) is 5.16 Å². The van der Waals surface area contributed by atoms with Crippen LogP contribution in [0, 0.1) is 6.92 Å². The summed E-state index contributed by atoms with van der Waals surface area (Å²) >= 11 is 1.63. The number of benzene rings is 1. The number of nitrogens with zero attached hydrogens (tertiary/aromatic N) is 3. The fourth-order valence-corrected chi connectivity index (χ4v) is 2.41. The second-order valence-electron chi connectivity index (χ2n) is 4.27. The van der Waals surface area contributed by atoms with Gasteiger partial charge in [0.2, 0.25) is 0 Å². The van der Waals surface area contributed by atoms with Gasteiger partial charge in [-0.2, -0.15) is 0 Å². The Balaban J connectivity index is 2.13. The summed E-state index contributed by atoms with van der Waals surface area (Å²) < 4.78 is 1.99. The van der Waals surface area contributed by atoms with Crippen LogP contribution in [0.2, 0.25) is 0 Å². The van der Waals surface area contributed by atoms with Crippen molar-refractivity contribution in [3.8, 4) is 0 Å². The van der Waals surface area contributed by atoms with Gasteiger partial charge in [-0.05, 0) is 50.4 Å². The van der Waals surface area contributed by atoms with Gasteiger partial charge in [-0.3, -0.25) is 0 Å². The molecule has 1 aromatic carbocycles. The summed E-state index contributed by atoms with van der Waals surface area (Å²) in [4.78, 5) is 1.18. The molecule has 96 valence electrons. The van der Waals surface area contributed by atoms with E-state index < -0.39 is 0 Å². The molecule has 0 spiro atoms.